The Bertz CT molecular complexity index is 956. The molecule has 1 aliphatic heterocycles. The van der Waals surface area contributed by atoms with E-state index in [1.807, 2.05) is 32.1 Å². The molecule has 0 bridgehead atoms. The maximum atomic E-state index is 14.8. The van der Waals surface area contributed by atoms with E-state index >= 15 is 0 Å². The number of halogens is 2. The summed E-state index contributed by atoms with van der Waals surface area (Å²) in [7, 11) is 0. The van der Waals surface area contributed by atoms with Gasteiger partial charge < -0.3 is 15.1 Å². The fourth-order valence-electron chi connectivity index (χ4n) is 3.64. The van der Waals surface area contributed by atoms with Crippen molar-refractivity contribution in [2.75, 3.05) is 38.2 Å². The van der Waals surface area contributed by atoms with Crippen molar-refractivity contribution >= 4 is 17.4 Å². The molecule has 0 spiro atoms. The van der Waals surface area contributed by atoms with Gasteiger partial charge in [-0.3, -0.25) is 4.79 Å². The van der Waals surface area contributed by atoms with Crippen LogP contribution < -0.4 is 5.32 Å². The molecule has 0 radical (unpaired) electrons. The Morgan fingerprint density at radius 1 is 1.15 bits per heavy atom. The summed E-state index contributed by atoms with van der Waals surface area (Å²) >= 11 is 0. The molecule has 7 heteroatoms. The normalized spacial score (nSPS) is 16.1. The van der Waals surface area contributed by atoms with E-state index in [9.17, 15) is 13.6 Å². The molecule has 1 N–H and O–H groups in total. The molecule has 1 heterocycles. The maximum absolute atomic E-state index is 14.8. The highest BCUT2D eigenvalue weighted by molar-refractivity contribution is 5.94. The lowest BCUT2D eigenvalue weighted by atomic mass is 9.96. The number of amides is 1. The Kier molecular flexibility index (Phi) is 9.98. The van der Waals surface area contributed by atoms with Gasteiger partial charge in [0.25, 0.3) is 5.91 Å². The van der Waals surface area contributed by atoms with Gasteiger partial charge in [0.15, 0.2) is 5.67 Å². The SMILES string of the molecule is C=CC(F)(C=C)c1ccc(NC(/C=C\C)C(=N/C=C\C)N2CCN(C(=O)C(=C)CF)CC2)cc1.[HH]. The molecule has 1 fully saturated rings. The number of carbonyl (C=O) groups is 1. The number of hydrogen-bond donors (Lipinski definition) is 1. The quantitative estimate of drug-likeness (QED) is 0.215. The lowest BCUT2D eigenvalue weighted by molar-refractivity contribution is -0.128. The summed E-state index contributed by atoms with van der Waals surface area (Å²) in [5.74, 6) is 0.439. The number of nitrogens with zero attached hydrogens (tertiary/aromatic N) is 3. The number of hydrogen-bond acceptors (Lipinski definition) is 3. The van der Waals surface area contributed by atoms with Crippen LogP contribution in [-0.4, -0.2) is 60.4 Å². The second kappa shape index (κ2) is 12.7. The first kappa shape index (κ1) is 26.8. The topological polar surface area (TPSA) is 47.9 Å². The lowest BCUT2D eigenvalue weighted by Crippen LogP contribution is -2.54. The number of benzene rings is 1. The van der Waals surface area contributed by atoms with Crippen molar-refractivity contribution in [3.63, 3.8) is 0 Å². The number of alkyl halides is 2. The predicted octanol–water partition coefficient (Wildman–Crippen LogP) is 5.43. The number of anilines is 1. The maximum Gasteiger partial charge on any atom is 0.251 e. The summed E-state index contributed by atoms with van der Waals surface area (Å²) in [6.07, 6.45) is 9.94. The number of carbonyl (C=O) groups excluding carboxylic acids is 1. The molecule has 1 aliphatic rings. The molecule has 184 valence electrons. The van der Waals surface area contributed by atoms with E-state index in [0.29, 0.717) is 31.7 Å². The van der Waals surface area contributed by atoms with Gasteiger partial charge in [0.1, 0.15) is 18.6 Å². The van der Waals surface area contributed by atoms with Crippen molar-refractivity contribution in [1.82, 2.24) is 9.80 Å². The van der Waals surface area contributed by atoms with Crippen LogP contribution in [-0.2, 0) is 10.5 Å². The zero-order valence-electron chi connectivity index (χ0n) is 20.0. The summed E-state index contributed by atoms with van der Waals surface area (Å²) < 4.78 is 27.6. The van der Waals surface area contributed by atoms with E-state index in [-0.39, 0.29) is 18.9 Å². The van der Waals surface area contributed by atoms with Gasteiger partial charge in [0.2, 0.25) is 0 Å². The Morgan fingerprint density at radius 2 is 1.74 bits per heavy atom. The lowest BCUT2D eigenvalue weighted by Gasteiger charge is -2.38. The van der Waals surface area contributed by atoms with Crippen LogP contribution in [0.3, 0.4) is 0 Å². The van der Waals surface area contributed by atoms with E-state index in [1.54, 1.807) is 35.4 Å². The van der Waals surface area contributed by atoms with Gasteiger partial charge in [0.05, 0.1) is 0 Å². The Hall–Kier alpha value is -3.48. The van der Waals surface area contributed by atoms with E-state index in [1.165, 1.54) is 12.2 Å². The minimum atomic E-state index is -1.79. The van der Waals surface area contributed by atoms with Gasteiger partial charge in [-0.25, -0.2) is 13.8 Å². The number of rotatable bonds is 10. The van der Waals surface area contributed by atoms with Gasteiger partial charge in [-0.2, -0.15) is 0 Å². The van der Waals surface area contributed by atoms with Crippen LogP contribution >= 0.6 is 0 Å². The number of aliphatic imine (C=N–C) groups is 1. The first-order valence-electron chi connectivity index (χ1n) is 11.3. The summed E-state index contributed by atoms with van der Waals surface area (Å²) in [5.41, 5.74) is -0.573. The van der Waals surface area contributed by atoms with Gasteiger partial charge in [-0.1, -0.05) is 50.1 Å². The highest BCUT2D eigenvalue weighted by atomic mass is 19.1. The van der Waals surface area contributed by atoms with E-state index in [0.717, 1.165) is 11.5 Å². The summed E-state index contributed by atoms with van der Waals surface area (Å²) in [4.78, 5) is 20.7. The van der Waals surface area contributed by atoms with Crippen molar-refractivity contribution in [3.8, 4) is 0 Å². The van der Waals surface area contributed by atoms with Crippen LogP contribution in [0, 0.1) is 0 Å². The summed E-state index contributed by atoms with van der Waals surface area (Å²) in [5, 5.41) is 3.45. The molecule has 34 heavy (non-hydrogen) atoms. The van der Waals surface area contributed by atoms with Crippen LogP contribution in [0.1, 0.15) is 20.8 Å². The van der Waals surface area contributed by atoms with Crippen molar-refractivity contribution in [2.45, 2.75) is 25.6 Å². The van der Waals surface area contributed by atoms with Gasteiger partial charge >= 0.3 is 0 Å². The molecule has 1 aromatic carbocycles. The fraction of sp³-hybridized carbons (Fsp3) is 0.333. The van der Waals surface area contributed by atoms with Gasteiger partial charge in [-0.15, -0.1) is 0 Å². The van der Waals surface area contributed by atoms with Crippen LogP contribution in [0.2, 0.25) is 0 Å². The van der Waals surface area contributed by atoms with Crippen LogP contribution in [0.5, 0.6) is 0 Å². The van der Waals surface area contributed by atoms with Gasteiger partial charge in [-0.05, 0) is 43.7 Å². The Labute approximate surface area is 203 Å². The van der Waals surface area contributed by atoms with Crippen molar-refractivity contribution < 1.29 is 15.0 Å². The smallest absolute Gasteiger partial charge is 0.251 e. The third-order valence-corrected chi connectivity index (χ3v) is 5.62. The molecule has 1 saturated heterocycles. The van der Waals surface area contributed by atoms with Crippen molar-refractivity contribution in [3.05, 3.63) is 91.7 Å². The zero-order valence-corrected chi connectivity index (χ0v) is 20.0. The third-order valence-electron chi connectivity index (χ3n) is 5.62. The number of nitrogens with one attached hydrogen (secondary N) is 1. The summed E-state index contributed by atoms with van der Waals surface area (Å²) in [6.45, 7) is 15.6. The highest BCUT2D eigenvalue weighted by Crippen LogP contribution is 2.29. The monoisotopic (exact) mass is 470 g/mol. The Balaban J connectivity index is 0.00000612. The average molecular weight is 471 g/mol. The molecule has 1 aromatic rings. The third kappa shape index (κ3) is 6.53. The molecular formula is C27H36F2N4O. The van der Waals surface area contributed by atoms with Gasteiger partial charge in [0, 0.05) is 45.1 Å². The first-order valence-corrected chi connectivity index (χ1v) is 11.3. The number of amidine groups is 1. The summed E-state index contributed by atoms with van der Waals surface area (Å²) in [6, 6.07) is 6.75. The average Bonchev–Trinajstić information content (AvgIpc) is 2.88. The fourth-order valence-corrected chi connectivity index (χ4v) is 3.64. The van der Waals surface area contributed by atoms with Crippen LogP contribution in [0.4, 0.5) is 14.5 Å². The molecule has 5 nitrogen and oxygen atoms in total. The number of piperazine rings is 1. The minimum Gasteiger partial charge on any atom is -0.372 e. The molecule has 2 rings (SSSR count). The van der Waals surface area contributed by atoms with Crippen LogP contribution in [0.15, 0.2) is 91.1 Å². The van der Waals surface area contributed by atoms with E-state index < -0.39 is 12.3 Å². The second-order valence-electron chi connectivity index (χ2n) is 7.89. The molecule has 0 saturated carbocycles. The molecule has 0 aromatic heterocycles. The molecule has 0 aliphatic carbocycles. The first-order chi connectivity index (χ1) is 16.3. The largest absolute Gasteiger partial charge is 0.372 e. The van der Waals surface area contributed by atoms with E-state index in [4.69, 9.17) is 0 Å². The number of allylic oxidation sites excluding steroid dienone is 4. The molecule has 1 amide bonds. The molecule has 1 atom stereocenters. The second-order valence-corrected chi connectivity index (χ2v) is 7.89. The molecular weight excluding hydrogens is 434 g/mol. The molecule has 1 unspecified atom stereocenters. The Morgan fingerprint density at radius 3 is 2.24 bits per heavy atom. The zero-order chi connectivity index (χ0) is 25.1. The van der Waals surface area contributed by atoms with Crippen LogP contribution in [0.25, 0.3) is 0 Å². The van der Waals surface area contributed by atoms with E-state index in [2.05, 4.69) is 34.9 Å². The van der Waals surface area contributed by atoms with Crippen molar-refractivity contribution in [1.29, 1.82) is 0 Å². The highest BCUT2D eigenvalue weighted by Gasteiger charge is 2.28. The predicted molar refractivity (Wildman–Crippen MR) is 139 cm³/mol. The minimum absolute atomic E-state index is 0. The standard InChI is InChI=1S/C27H34F2N4O.H2/c1-6-10-24(31-23-13-11-22(12-14-23)27(29,8-3)9-4)25(30-15-7-2)32-16-18-33(19-17-32)26(34)21(5)20-28;/h6-15,24,31H,3-5,16-20H2,1-2H3;1H/b10-6-,15-7-,30-25?;. The van der Waals surface area contributed by atoms with Crippen molar-refractivity contribution in [2.24, 2.45) is 4.99 Å².